The van der Waals surface area contributed by atoms with E-state index in [9.17, 15) is 18.0 Å². The first-order valence-corrected chi connectivity index (χ1v) is 6.09. The highest BCUT2D eigenvalue weighted by Gasteiger charge is 2.30. The van der Waals surface area contributed by atoms with Crippen molar-refractivity contribution in [2.45, 2.75) is 19.5 Å². The molecule has 0 saturated carbocycles. The number of ketones is 1. The summed E-state index contributed by atoms with van der Waals surface area (Å²) in [6, 6.07) is 9.02. The molecule has 0 N–H and O–H groups in total. The second-order valence-corrected chi connectivity index (χ2v) is 4.25. The molecule has 1 aromatic carbocycles. The van der Waals surface area contributed by atoms with E-state index in [2.05, 4.69) is 4.98 Å². The second-order valence-electron chi connectivity index (χ2n) is 4.25. The molecular weight excluding hydrogens is 267 g/mol. The number of carbonyl (C=O) groups is 1. The summed E-state index contributed by atoms with van der Waals surface area (Å²) < 4.78 is 37.5. The van der Waals surface area contributed by atoms with Crippen LogP contribution in [0.15, 0.2) is 42.6 Å². The van der Waals surface area contributed by atoms with Crippen LogP contribution < -0.4 is 0 Å². The van der Waals surface area contributed by atoms with Gasteiger partial charge in [-0.25, -0.2) is 0 Å². The molecule has 0 spiro atoms. The van der Waals surface area contributed by atoms with Crippen LogP contribution in [-0.4, -0.2) is 10.8 Å². The summed E-state index contributed by atoms with van der Waals surface area (Å²) in [6.45, 7) is 1.74. The van der Waals surface area contributed by atoms with Crippen molar-refractivity contribution in [1.29, 1.82) is 0 Å². The van der Waals surface area contributed by atoms with Gasteiger partial charge in [0.15, 0.2) is 5.78 Å². The highest BCUT2D eigenvalue weighted by molar-refractivity contribution is 6.01. The minimum Gasteiger partial charge on any atom is -0.294 e. The third-order valence-electron chi connectivity index (χ3n) is 2.92. The van der Waals surface area contributed by atoms with E-state index < -0.39 is 11.7 Å². The number of carbonyl (C=O) groups excluding carboxylic acids is 1. The van der Waals surface area contributed by atoms with Crippen LogP contribution >= 0.6 is 0 Å². The molecule has 104 valence electrons. The summed E-state index contributed by atoms with van der Waals surface area (Å²) in [4.78, 5) is 15.6. The normalized spacial score (nSPS) is 11.4. The van der Waals surface area contributed by atoms with Crippen LogP contribution in [0.1, 0.15) is 29.3 Å². The lowest BCUT2D eigenvalue weighted by atomic mass is 9.99. The smallest absolute Gasteiger partial charge is 0.294 e. The van der Waals surface area contributed by atoms with E-state index in [0.717, 1.165) is 12.3 Å². The minimum atomic E-state index is -4.41. The molecule has 0 aliphatic carbocycles. The number of benzene rings is 1. The summed E-state index contributed by atoms with van der Waals surface area (Å²) >= 11 is 0. The topological polar surface area (TPSA) is 30.0 Å². The molecule has 5 heteroatoms. The Labute approximate surface area is 114 Å². The van der Waals surface area contributed by atoms with E-state index in [1.807, 2.05) is 0 Å². The third-order valence-corrected chi connectivity index (χ3v) is 2.92. The second kappa shape index (κ2) is 5.45. The van der Waals surface area contributed by atoms with Gasteiger partial charge in [0.05, 0.1) is 11.3 Å². The number of pyridine rings is 1. The molecule has 0 bridgehead atoms. The van der Waals surface area contributed by atoms with Gasteiger partial charge >= 0.3 is 6.18 Å². The molecule has 1 aromatic heterocycles. The molecule has 0 saturated heterocycles. The first-order valence-electron chi connectivity index (χ1n) is 6.09. The Morgan fingerprint density at radius 3 is 2.40 bits per heavy atom. The molecule has 0 unspecified atom stereocenters. The molecule has 0 amide bonds. The Bertz CT molecular complexity index is 618. The molecule has 0 fully saturated rings. The molecule has 0 atom stereocenters. The summed E-state index contributed by atoms with van der Waals surface area (Å²) in [5.41, 5.74) is 0.575. The van der Waals surface area contributed by atoms with Gasteiger partial charge in [0, 0.05) is 23.7 Å². The van der Waals surface area contributed by atoms with Crippen LogP contribution in [0.5, 0.6) is 0 Å². The van der Waals surface area contributed by atoms with E-state index in [4.69, 9.17) is 0 Å². The Balaban J connectivity index is 2.45. The van der Waals surface area contributed by atoms with Crippen molar-refractivity contribution in [3.8, 4) is 11.3 Å². The number of Topliss-reactive ketones (excluding diaryl/α,β-unsaturated/α-hetero) is 1. The average Bonchev–Trinajstić information content (AvgIpc) is 2.45. The highest BCUT2D eigenvalue weighted by Crippen LogP contribution is 2.30. The molecule has 2 aromatic rings. The van der Waals surface area contributed by atoms with Crippen molar-refractivity contribution < 1.29 is 18.0 Å². The molecule has 2 nitrogen and oxygen atoms in total. The van der Waals surface area contributed by atoms with Crippen molar-refractivity contribution in [3.05, 3.63) is 53.7 Å². The van der Waals surface area contributed by atoms with Gasteiger partial charge in [-0.1, -0.05) is 31.2 Å². The maximum Gasteiger partial charge on any atom is 0.417 e. The Kier molecular flexibility index (Phi) is 3.88. The molecule has 2 rings (SSSR count). The third kappa shape index (κ3) is 2.87. The number of nitrogens with zero attached hydrogens (tertiary/aromatic N) is 1. The maximum absolute atomic E-state index is 12.5. The fourth-order valence-electron chi connectivity index (χ4n) is 1.86. The quantitative estimate of drug-likeness (QED) is 0.781. The standard InChI is InChI=1S/C15H12F3NO/c1-2-14(20)12-6-4-3-5-11(12)13-8-7-10(9-19-13)15(16,17)18/h3-9H,2H2,1H3. The first-order chi connectivity index (χ1) is 9.43. The van der Waals surface area contributed by atoms with Crippen molar-refractivity contribution in [3.63, 3.8) is 0 Å². The number of hydrogen-bond acceptors (Lipinski definition) is 2. The summed E-state index contributed by atoms with van der Waals surface area (Å²) in [7, 11) is 0. The van der Waals surface area contributed by atoms with Gasteiger partial charge in [0.2, 0.25) is 0 Å². The Morgan fingerprint density at radius 2 is 1.85 bits per heavy atom. The van der Waals surface area contributed by atoms with Gasteiger partial charge < -0.3 is 0 Å². The lowest BCUT2D eigenvalue weighted by molar-refractivity contribution is -0.137. The minimum absolute atomic E-state index is 0.0673. The van der Waals surface area contributed by atoms with Crippen molar-refractivity contribution in [2.75, 3.05) is 0 Å². The number of rotatable bonds is 3. The van der Waals surface area contributed by atoms with Crippen LogP contribution in [0.2, 0.25) is 0 Å². The number of hydrogen-bond donors (Lipinski definition) is 0. The summed E-state index contributed by atoms with van der Waals surface area (Å²) in [5, 5.41) is 0. The van der Waals surface area contributed by atoms with Crippen molar-refractivity contribution >= 4 is 5.78 Å². The SMILES string of the molecule is CCC(=O)c1ccccc1-c1ccc(C(F)(F)F)cn1. The number of aromatic nitrogens is 1. The summed E-state index contributed by atoms with van der Waals surface area (Å²) in [6.07, 6.45) is -3.30. The molecule has 20 heavy (non-hydrogen) atoms. The number of alkyl halides is 3. The van der Waals surface area contributed by atoms with E-state index in [-0.39, 0.29) is 5.78 Å². The van der Waals surface area contributed by atoms with Crippen LogP contribution in [-0.2, 0) is 6.18 Å². The predicted octanol–water partition coefficient (Wildman–Crippen LogP) is 4.36. The molecule has 1 heterocycles. The monoisotopic (exact) mass is 279 g/mol. The largest absolute Gasteiger partial charge is 0.417 e. The van der Waals surface area contributed by atoms with Crippen LogP contribution in [0.25, 0.3) is 11.3 Å². The van der Waals surface area contributed by atoms with Gasteiger partial charge in [0.25, 0.3) is 0 Å². The predicted molar refractivity (Wildman–Crippen MR) is 69.3 cm³/mol. The fourth-order valence-corrected chi connectivity index (χ4v) is 1.86. The lowest BCUT2D eigenvalue weighted by Crippen LogP contribution is -2.06. The summed E-state index contributed by atoms with van der Waals surface area (Å²) in [5.74, 6) is -0.0673. The van der Waals surface area contributed by atoms with E-state index >= 15 is 0 Å². The van der Waals surface area contributed by atoms with Crippen LogP contribution in [0.4, 0.5) is 13.2 Å². The molecule has 0 radical (unpaired) electrons. The van der Waals surface area contributed by atoms with Gasteiger partial charge in [-0.2, -0.15) is 13.2 Å². The zero-order valence-corrected chi connectivity index (χ0v) is 10.7. The molecular formula is C15H12F3NO. The first kappa shape index (κ1) is 14.2. The Hall–Kier alpha value is -2.17. The van der Waals surface area contributed by atoms with Gasteiger partial charge in [0.1, 0.15) is 0 Å². The van der Waals surface area contributed by atoms with Gasteiger partial charge in [-0.05, 0) is 12.1 Å². The lowest BCUT2D eigenvalue weighted by Gasteiger charge is -2.09. The molecule has 0 aliphatic heterocycles. The molecule has 0 aliphatic rings. The number of halogens is 3. The zero-order valence-electron chi connectivity index (χ0n) is 10.7. The van der Waals surface area contributed by atoms with E-state index in [0.29, 0.717) is 23.2 Å². The fraction of sp³-hybridized carbons (Fsp3) is 0.200. The van der Waals surface area contributed by atoms with Crippen molar-refractivity contribution in [1.82, 2.24) is 4.98 Å². The van der Waals surface area contributed by atoms with Crippen molar-refractivity contribution in [2.24, 2.45) is 0 Å². The van der Waals surface area contributed by atoms with Gasteiger partial charge in [-0.15, -0.1) is 0 Å². The van der Waals surface area contributed by atoms with E-state index in [1.165, 1.54) is 6.07 Å². The van der Waals surface area contributed by atoms with Gasteiger partial charge in [-0.3, -0.25) is 9.78 Å². The Morgan fingerprint density at radius 1 is 1.15 bits per heavy atom. The van der Waals surface area contributed by atoms with Crippen LogP contribution in [0.3, 0.4) is 0 Å². The highest BCUT2D eigenvalue weighted by atomic mass is 19.4. The van der Waals surface area contributed by atoms with Crippen LogP contribution in [0, 0.1) is 0 Å². The zero-order chi connectivity index (χ0) is 14.8. The average molecular weight is 279 g/mol. The maximum atomic E-state index is 12.5. The van der Waals surface area contributed by atoms with E-state index in [1.54, 1.807) is 31.2 Å².